The van der Waals surface area contributed by atoms with Crippen LogP contribution < -0.4 is 15.4 Å². The van der Waals surface area contributed by atoms with Crippen LogP contribution in [0.25, 0.3) is 11.0 Å². The second kappa shape index (κ2) is 7.51. The van der Waals surface area contributed by atoms with Gasteiger partial charge in [0.1, 0.15) is 34.9 Å². The minimum absolute atomic E-state index is 0.228. The molecule has 1 saturated heterocycles. The largest absolute Gasteiger partial charge is 0.487 e. The number of benzene rings is 1. The van der Waals surface area contributed by atoms with Crippen molar-refractivity contribution < 1.29 is 23.8 Å². The van der Waals surface area contributed by atoms with E-state index >= 15 is 0 Å². The zero-order chi connectivity index (χ0) is 20.4. The third kappa shape index (κ3) is 3.52. The van der Waals surface area contributed by atoms with Crippen molar-refractivity contribution in [1.29, 1.82) is 0 Å². The molecule has 29 heavy (non-hydrogen) atoms. The summed E-state index contributed by atoms with van der Waals surface area (Å²) in [6.07, 6.45) is 1.90. The molecule has 9 nitrogen and oxygen atoms in total. The molecule has 0 saturated carbocycles. The van der Waals surface area contributed by atoms with Gasteiger partial charge in [0.2, 0.25) is 5.91 Å². The molecule has 1 aliphatic rings. The molecule has 2 amide bonds. The van der Waals surface area contributed by atoms with E-state index in [0.717, 1.165) is 0 Å². The normalized spacial score (nSPS) is 18.6. The number of furan rings is 1. The van der Waals surface area contributed by atoms with Crippen LogP contribution in [0.5, 0.6) is 5.75 Å². The highest BCUT2D eigenvalue weighted by Gasteiger charge is 2.44. The molecule has 2 aromatic heterocycles. The topological polar surface area (TPSA) is 127 Å². The van der Waals surface area contributed by atoms with Crippen LogP contribution in [0, 0.1) is 6.92 Å². The predicted octanol–water partition coefficient (Wildman–Crippen LogP) is 1.09. The first-order valence-electron chi connectivity index (χ1n) is 9.16. The Morgan fingerprint density at radius 3 is 2.97 bits per heavy atom. The first kappa shape index (κ1) is 18.9. The van der Waals surface area contributed by atoms with E-state index in [0.29, 0.717) is 46.7 Å². The summed E-state index contributed by atoms with van der Waals surface area (Å²) in [5, 5.41) is 23.4. The first-order valence-corrected chi connectivity index (χ1v) is 9.16. The van der Waals surface area contributed by atoms with E-state index in [9.17, 15) is 14.7 Å². The second-order valence-electron chi connectivity index (χ2n) is 6.90. The number of nitrogens with one attached hydrogen (secondary N) is 2. The summed E-state index contributed by atoms with van der Waals surface area (Å²) in [6.45, 7) is 1.82. The van der Waals surface area contributed by atoms with Crippen LogP contribution >= 0.6 is 0 Å². The molecule has 1 aromatic carbocycles. The van der Waals surface area contributed by atoms with E-state index in [1.807, 2.05) is 0 Å². The number of aliphatic hydroxyl groups excluding tert-OH is 1. The lowest BCUT2D eigenvalue weighted by atomic mass is 9.97. The highest BCUT2D eigenvalue weighted by Crippen LogP contribution is 2.30. The average molecular weight is 396 g/mol. The summed E-state index contributed by atoms with van der Waals surface area (Å²) in [7, 11) is 0. The minimum Gasteiger partial charge on any atom is -0.487 e. The summed E-state index contributed by atoms with van der Waals surface area (Å²) in [4.78, 5) is 25.1. The molecule has 3 aromatic rings. The van der Waals surface area contributed by atoms with Crippen LogP contribution in [0.4, 0.5) is 0 Å². The fourth-order valence-electron chi connectivity index (χ4n) is 3.40. The molecule has 150 valence electrons. The predicted molar refractivity (Wildman–Crippen MR) is 102 cm³/mol. The van der Waals surface area contributed by atoms with E-state index in [1.165, 1.54) is 0 Å². The molecule has 0 radical (unpaired) electrons. The molecule has 4 rings (SSSR count). The number of amides is 2. The molecular formula is C20H20N4O5. The third-order valence-electron chi connectivity index (χ3n) is 4.97. The van der Waals surface area contributed by atoms with E-state index in [2.05, 4.69) is 20.8 Å². The number of ether oxygens (including phenoxy) is 1. The van der Waals surface area contributed by atoms with Crippen LogP contribution in [-0.4, -0.2) is 45.8 Å². The van der Waals surface area contributed by atoms with Gasteiger partial charge < -0.3 is 24.9 Å². The number of aryl methyl sites for hydroxylation is 1. The average Bonchev–Trinajstić information content (AvgIpc) is 3.26. The van der Waals surface area contributed by atoms with Crippen molar-refractivity contribution in [2.75, 3.05) is 13.2 Å². The third-order valence-corrected chi connectivity index (χ3v) is 4.97. The Balaban J connectivity index is 1.61. The Morgan fingerprint density at radius 2 is 2.28 bits per heavy atom. The van der Waals surface area contributed by atoms with Crippen molar-refractivity contribution in [3.8, 4) is 5.75 Å². The zero-order valence-corrected chi connectivity index (χ0v) is 15.8. The van der Waals surface area contributed by atoms with E-state index in [1.54, 1.807) is 43.5 Å². The van der Waals surface area contributed by atoms with Crippen molar-refractivity contribution in [2.24, 2.45) is 0 Å². The van der Waals surface area contributed by atoms with E-state index in [4.69, 9.17) is 9.15 Å². The SMILES string of the molecule is Cc1oc2ccc(OCc3cccnn3)cc2c1C(=O)NC1(CO)CCNC1=O. The van der Waals surface area contributed by atoms with Gasteiger partial charge in [-0.25, -0.2) is 0 Å². The molecular weight excluding hydrogens is 376 g/mol. The molecule has 1 aliphatic heterocycles. The number of hydrogen-bond donors (Lipinski definition) is 3. The maximum absolute atomic E-state index is 13.0. The van der Waals surface area contributed by atoms with Gasteiger partial charge in [0.15, 0.2) is 0 Å². The quantitative estimate of drug-likeness (QED) is 0.569. The van der Waals surface area contributed by atoms with Crippen molar-refractivity contribution >= 4 is 22.8 Å². The molecule has 1 atom stereocenters. The smallest absolute Gasteiger partial charge is 0.256 e. The molecule has 1 unspecified atom stereocenters. The van der Waals surface area contributed by atoms with Gasteiger partial charge in [-0.3, -0.25) is 9.59 Å². The summed E-state index contributed by atoms with van der Waals surface area (Å²) in [5.74, 6) is 0.0637. The Hall–Kier alpha value is -3.46. The number of hydrogen-bond acceptors (Lipinski definition) is 7. The summed E-state index contributed by atoms with van der Waals surface area (Å²) < 4.78 is 11.4. The molecule has 3 heterocycles. The lowest BCUT2D eigenvalue weighted by molar-refractivity contribution is -0.125. The van der Waals surface area contributed by atoms with Crippen LogP contribution in [0.2, 0.25) is 0 Å². The monoisotopic (exact) mass is 396 g/mol. The minimum atomic E-state index is -1.33. The van der Waals surface area contributed by atoms with Gasteiger partial charge in [0.25, 0.3) is 5.91 Å². The number of rotatable bonds is 6. The molecule has 9 heteroatoms. The van der Waals surface area contributed by atoms with Crippen molar-refractivity contribution in [2.45, 2.75) is 25.5 Å². The van der Waals surface area contributed by atoms with E-state index < -0.39 is 24.0 Å². The number of carbonyl (C=O) groups excluding carboxylic acids is 2. The van der Waals surface area contributed by atoms with Gasteiger partial charge in [-0.2, -0.15) is 10.2 Å². The number of aliphatic hydroxyl groups is 1. The van der Waals surface area contributed by atoms with Crippen LogP contribution in [0.1, 0.15) is 28.2 Å². The van der Waals surface area contributed by atoms with Gasteiger partial charge in [0.05, 0.1) is 12.2 Å². The van der Waals surface area contributed by atoms with Gasteiger partial charge in [0, 0.05) is 18.1 Å². The molecule has 0 bridgehead atoms. The lowest BCUT2D eigenvalue weighted by Gasteiger charge is -2.24. The van der Waals surface area contributed by atoms with Gasteiger partial charge in [-0.15, -0.1) is 0 Å². The lowest BCUT2D eigenvalue weighted by Crippen LogP contribution is -2.56. The van der Waals surface area contributed by atoms with Crippen LogP contribution in [0.3, 0.4) is 0 Å². The van der Waals surface area contributed by atoms with Crippen LogP contribution in [-0.2, 0) is 11.4 Å². The maximum Gasteiger partial charge on any atom is 0.256 e. The molecule has 0 aliphatic carbocycles. The fraction of sp³-hybridized carbons (Fsp3) is 0.300. The highest BCUT2D eigenvalue weighted by molar-refractivity contribution is 6.09. The highest BCUT2D eigenvalue weighted by atomic mass is 16.5. The Morgan fingerprint density at radius 1 is 1.41 bits per heavy atom. The number of aromatic nitrogens is 2. The Kier molecular flexibility index (Phi) is 4.89. The van der Waals surface area contributed by atoms with Gasteiger partial charge in [-0.1, -0.05) is 0 Å². The standard InChI is InChI=1S/C20H20N4O5/c1-12-17(18(26)23-20(11-25)6-8-21-19(20)27)15-9-14(4-5-16(15)29-12)28-10-13-3-2-7-22-24-13/h2-5,7,9,25H,6,8,10-11H2,1H3,(H,21,27)(H,23,26). The maximum atomic E-state index is 13.0. The zero-order valence-electron chi connectivity index (χ0n) is 15.8. The summed E-state index contributed by atoms with van der Waals surface area (Å²) in [5.41, 5.74) is 0.171. The first-order chi connectivity index (χ1) is 14.0. The van der Waals surface area contributed by atoms with Crippen molar-refractivity contribution in [3.63, 3.8) is 0 Å². The summed E-state index contributed by atoms with van der Waals surface area (Å²) in [6, 6.07) is 8.73. The molecule has 3 N–H and O–H groups in total. The second-order valence-corrected chi connectivity index (χ2v) is 6.90. The van der Waals surface area contributed by atoms with Gasteiger partial charge >= 0.3 is 0 Å². The summed E-state index contributed by atoms with van der Waals surface area (Å²) >= 11 is 0. The fourth-order valence-corrected chi connectivity index (χ4v) is 3.40. The van der Waals surface area contributed by atoms with Gasteiger partial charge in [-0.05, 0) is 43.7 Å². The molecule has 1 fully saturated rings. The number of carbonyl (C=O) groups is 2. The van der Waals surface area contributed by atoms with Crippen LogP contribution in [0.15, 0.2) is 40.9 Å². The van der Waals surface area contributed by atoms with E-state index in [-0.39, 0.29) is 6.61 Å². The number of nitrogens with zero attached hydrogens (tertiary/aromatic N) is 2. The molecule has 0 spiro atoms. The Labute approximate surface area is 166 Å². The number of fused-ring (bicyclic) bond motifs is 1. The van der Waals surface area contributed by atoms with Crippen molar-refractivity contribution in [1.82, 2.24) is 20.8 Å². The van der Waals surface area contributed by atoms with Crippen molar-refractivity contribution in [3.05, 3.63) is 53.5 Å². The Bertz CT molecular complexity index is 1070.